The Morgan fingerprint density at radius 2 is 1.93 bits per heavy atom. The Morgan fingerprint density at radius 3 is 2.63 bits per heavy atom. The zero-order valence-corrected chi connectivity index (χ0v) is 16.2. The SMILES string of the molecule is CCc1cn2nc(CN3CCN(c4ccc(C)nc4C)CC3)cc2[nH]c1=O. The Kier molecular flexibility index (Phi) is 4.70. The van der Waals surface area contributed by atoms with Crippen molar-refractivity contribution < 1.29 is 0 Å². The van der Waals surface area contributed by atoms with E-state index < -0.39 is 0 Å². The van der Waals surface area contributed by atoms with Crippen molar-refractivity contribution in [2.45, 2.75) is 33.7 Å². The average Bonchev–Trinajstić information content (AvgIpc) is 3.03. The number of aromatic amines is 1. The van der Waals surface area contributed by atoms with Crippen LogP contribution < -0.4 is 10.5 Å². The molecule has 0 aromatic carbocycles. The number of anilines is 1. The highest BCUT2D eigenvalue weighted by molar-refractivity contribution is 5.51. The van der Waals surface area contributed by atoms with E-state index in [4.69, 9.17) is 0 Å². The largest absolute Gasteiger partial charge is 0.368 e. The molecule has 0 spiro atoms. The standard InChI is InChI=1S/C20H26N6O/c1-4-16-12-26-19(22-20(16)27)11-17(23-26)13-24-7-9-25(10-8-24)18-6-5-14(2)21-15(18)3/h5-6,11-12H,4,7-10,13H2,1-3H3,(H,22,27). The van der Waals surface area contributed by atoms with Crippen molar-refractivity contribution >= 4 is 11.3 Å². The third-order valence-corrected chi connectivity index (χ3v) is 5.27. The molecule has 27 heavy (non-hydrogen) atoms. The average molecular weight is 366 g/mol. The van der Waals surface area contributed by atoms with Crippen LogP contribution in [0.15, 0.2) is 29.2 Å². The van der Waals surface area contributed by atoms with Gasteiger partial charge in [-0.3, -0.25) is 14.7 Å². The second kappa shape index (κ2) is 7.15. The summed E-state index contributed by atoms with van der Waals surface area (Å²) in [6.45, 7) is 10.8. The van der Waals surface area contributed by atoms with Crippen molar-refractivity contribution in [2.24, 2.45) is 0 Å². The highest BCUT2D eigenvalue weighted by Gasteiger charge is 2.20. The molecule has 0 saturated carbocycles. The number of aryl methyl sites for hydroxylation is 3. The van der Waals surface area contributed by atoms with E-state index in [2.05, 4.69) is 43.9 Å². The fourth-order valence-corrected chi connectivity index (χ4v) is 3.76. The van der Waals surface area contributed by atoms with E-state index in [9.17, 15) is 4.79 Å². The minimum Gasteiger partial charge on any atom is -0.368 e. The van der Waals surface area contributed by atoms with Gasteiger partial charge >= 0.3 is 0 Å². The molecule has 142 valence electrons. The van der Waals surface area contributed by atoms with Crippen LogP contribution in [0.1, 0.15) is 29.6 Å². The van der Waals surface area contributed by atoms with E-state index in [1.807, 2.05) is 26.1 Å². The summed E-state index contributed by atoms with van der Waals surface area (Å²) in [4.78, 5) is 24.3. The quantitative estimate of drug-likeness (QED) is 0.764. The highest BCUT2D eigenvalue weighted by atomic mass is 16.1. The lowest BCUT2D eigenvalue weighted by Gasteiger charge is -2.36. The summed E-state index contributed by atoms with van der Waals surface area (Å²) >= 11 is 0. The van der Waals surface area contributed by atoms with Gasteiger partial charge < -0.3 is 9.88 Å². The molecular formula is C20H26N6O. The number of nitrogens with zero attached hydrogens (tertiary/aromatic N) is 5. The van der Waals surface area contributed by atoms with Crippen LogP contribution >= 0.6 is 0 Å². The molecule has 7 heteroatoms. The molecule has 0 radical (unpaired) electrons. The van der Waals surface area contributed by atoms with Gasteiger partial charge in [0.2, 0.25) is 0 Å². The third-order valence-electron chi connectivity index (χ3n) is 5.27. The molecule has 3 aromatic rings. The monoisotopic (exact) mass is 366 g/mol. The second-order valence-electron chi connectivity index (χ2n) is 7.25. The lowest BCUT2D eigenvalue weighted by atomic mass is 10.2. The fraction of sp³-hybridized carbons (Fsp3) is 0.450. The number of pyridine rings is 1. The van der Waals surface area contributed by atoms with Crippen LogP contribution in [0.3, 0.4) is 0 Å². The normalized spacial score (nSPS) is 15.6. The van der Waals surface area contributed by atoms with Gasteiger partial charge in [0.1, 0.15) is 5.65 Å². The summed E-state index contributed by atoms with van der Waals surface area (Å²) in [6.07, 6.45) is 2.54. The van der Waals surface area contributed by atoms with Gasteiger partial charge in [0.15, 0.2) is 0 Å². The maximum Gasteiger partial charge on any atom is 0.254 e. The molecule has 0 unspecified atom stereocenters. The van der Waals surface area contributed by atoms with E-state index in [1.54, 1.807) is 4.52 Å². The summed E-state index contributed by atoms with van der Waals surface area (Å²) in [5, 5.41) is 4.64. The Balaban J connectivity index is 1.43. The van der Waals surface area contributed by atoms with Crippen LogP contribution in [0.4, 0.5) is 5.69 Å². The van der Waals surface area contributed by atoms with Gasteiger partial charge in [0.25, 0.3) is 5.56 Å². The Morgan fingerprint density at radius 1 is 1.15 bits per heavy atom. The summed E-state index contributed by atoms with van der Waals surface area (Å²) in [5.41, 5.74) is 5.87. The zero-order chi connectivity index (χ0) is 19.0. The number of hydrogen-bond acceptors (Lipinski definition) is 5. The first kappa shape index (κ1) is 17.7. The topological polar surface area (TPSA) is 69.5 Å². The van der Waals surface area contributed by atoms with Crippen LogP contribution in [0, 0.1) is 13.8 Å². The lowest BCUT2D eigenvalue weighted by Crippen LogP contribution is -2.46. The molecule has 0 bridgehead atoms. The molecule has 1 saturated heterocycles. The molecule has 4 rings (SSSR count). The third kappa shape index (κ3) is 3.60. The van der Waals surface area contributed by atoms with Crippen molar-refractivity contribution in [1.82, 2.24) is 24.5 Å². The molecule has 1 fully saturated rings. The van der Waals surface area contributed by atoms with Crippen molar-refractivity contribution in [3.63, 3.8) is 0 Å². The maximum atomic E-state index is 12.0. The molecule has 3 aromatic heterocycles. The lowest BCUT2D eigenvalue weighted by molar-refractivity contribution is 0.246. The fourth-order valence-electron chi connectivity index (χ4n) is 3.76. The molecule has 0 aliphatic carbocycles. The van der Waals surface area contributed by atoms with Crippen molar-refractivity contribution in [3.05, 3.63) is 57.4 Å². The van der Waals surface area contributed by atoms with E-state index in [0.717, 1.165) is 61.0 Å². The van der Waals surface area contributed by atoms with Crippen LogP contribution in [0.2, 0.25) is 0 Å². The summed E-state index contributed by atoms with van der Waals surface area (Å²) in [5.74, 6) is 0. The molecule has 7 nitrogen and oxygen atoms in total. The highest BCUT2D eigenvalue weighted by Crippen LogP contribution is 2.20. The first-order valence-corrected chi connectivity index (χ1v) is 9.55. The zero-order valence-electron chi connectivity index (χ0n) is 16.2. The molecule has 0 amide bonds. The van der Waals surface area contributed by atoms with Gasteiger partial charge in [0.05, 0.1) is 17.1 Å². The predicted molar refractivity (Wildman–Crippen MR) is 106 cm³/mol. The van der Waals surface area contributed by atoms with E-state index in [0.29, 0.717) is 6.42 Å². The number of nitrogens with one attached hydrogen (secondary N) is 1. The molecular weight excluding hydrogens is 340 g/mol. The minimum atomic E-state index is -0.0212. The van der Waals surface area contributed by atoms with Gasteiger partial charge in [-0.05, 0) is 32.4 Å². The van der Waals surface area contributed by atoms with Gasteiger partial charge in [0, 0.05) is 56.2 Å². The molecule has 4 heterocycles. The first-order chi connectivity index (χ1) is 13.0. The van der Waals surface area contributed by atoms with Gasteiger partial charge in [-0.25, -0.2) is 4.52 Å². The number of fused-ring (bicyclic) bond motifs is 1. The van der Waals surface area contributed by atoms with Crippen LogP contribution in [-0.2, 0) is 13.0 Å². The number of rotatable bonds is 4. The van der Waals surface area contributed by atoms with E-state index >= 15 is 0 Å². The number of aromatic nitrogens is 4. The number of piperazine rings is 1. The smallest absolute Gasteiger partial charge is 0.254 e. The molecule has 0 atom stereocenters. The molecule has 1 aliphatic heterocycles. The summed E-state index contributed by atoms with van der Waals surface area (Å²) < 4.78 is 1.78. The van der Waals surface area contributed by atoms with E-state index in [1.165, 1.54) is 5.69 Å². The Bertz CT molecular complexity index is 1010. The van der Waals surface area contributed by atoms with Crippen molar-refractivity contribution in [2.75, 3.05) is 31.1 Å². The Labute approximate surface area is 158 Å². The molecule has 1 N–H and O–H groups in total. The first-order valence-electron chi connectivity index (χ1n) is 9.55. The van der Waals surface area contributed by atoms with Crippen molar-refractivity contribution in [1.29, 1.82) is 0 Å². The predicted octanol–water partition coefficient (Wildman–Crippen LogP) is 1.92. The van der Waals surface area contributed by atoms with Crippen LogP contribution in [-0.4, -0.2) is 50.7 Å². The Hall–Kier alpha value is -2.67. The van der Waals surface area contributed by atoms with Crippen LogP contribution in [0.25, 0.3) is 5.65 Å². The summed E-state index contributed by atoms with van der Waals surface area (Å²) in [7, 11) is 0. The van der Waals surface area contributed by atoms with Gasteiger partial charge in [-0.2, -0.15) is 5.10 Å². The minimum absolute atomic E-state index is 0.0212. The number of hydrogen-bond donors (Lipinski definition) is 1. The van der Waals surface area contributed by atoms with Crippen LogP contribution in [0.5, 0.6) is 0 Å². The second-order valence-corrected chi connectivity index (χ2v) is 7.25. The molecule has 1 aliphatic rings. The summed E-state index contributed by atoms with van der Waals surface area (Å²) in [6, 6.07) is 6.23. The maximum absolute atomic E-state index is 12.0. The number of H-pyrrole nitrogens is 1. The van der Waals surface area contributed by atoms with E-state index in [-0.39, 0.29) is 5.56 Å². The van der Waals surface area contributed by atoms with Crippen molar-refractivity contribution in [3.8, 4) is 0 Å². The van der Waals surface area contributed by atoms with Gasteiger partial charge in [-0.1, -0.05) is 6.92 Å². The van der Waals surface area contributed by atoms with Gasteiger partial charge in [-0.15, -0.1) is 0 Å².